The van der Waals surface area contributed by atoms with Crippen LogP contribution in [0.1, 0.15) is 5.56 Å². The van der Waals surface area contributed by atoms with Gasteiger partial charge in [-0.2, -0.15) is 0 Å². The number of fused-ring (bicyclic) bond motifs is 1. The number of aromatic nitrogens is 1. The predicted octanol–water partition coefficient (Wildman–Crippen LogP) is 2.42. The van der Waals surface area contributed by atoms with E-state index in [0.29, 0.717) is 13.3 Å². The van der Waals surface area contributed by atoms with E-state index in [0.717, 1.165) is 22.7 Å². The van der Waals surface area contributed by atoms with Crippen molar-refractivity contribution in [2.24, 2.45) is 0 Å². The summed E-state index contributed by atoms with van der Waals surface area (Å²) in [6.45, 7) is 1.01. The number of pyridine rings is 1. The van der Waals surface area contributed by atoms with E-state index in [1.54, 1.807) is 12.4 Å². The number of para-hydroxylation sites is 1. The normalized spacial score (nSPS) is 12.5. The van der Waals surface area contributed by atoms with Crippen molar-refractivity contribution in [3.8, 4) is 11.5 Å². The first-order chi connectivity index (χ1) is 8.43. The fourth-order valence-corrected chi connectivity index (χ4v) is 1.80. The average molecular weight is 228 g/mol. The Morgan fingerprint density at radius 1 is 1.12 bits per heavy atom. The Bertz CT molecular complexity index is 514. The molecule has 0 aliphatic carbocycles. The van der Waals surface area contributed by atoms with Gasteiger partial charge in [0.15, 0.2) is 11.5 Å². The Morgan fingerprint density at radius 2 is 2.00 bits per heavy atom. The molecule has 0 amide bonds. The summed E-state index contributed by atoms with van der Waals surface area (Å²) in [5.74, 6) is 1.66. The zero-order chi connectivity index (χ0) is 11.5. The third-order valence-corrected chi connectivity index (χ3v) is 2.64. The molecule has 86 valence electrons. The van der Waals surface area contributed by atoms with Crippen LogP contribution in [-0.4, -0.2) is 11.8 Å². The van der Waals surface area contributed by atoms with Crippen LogP contribution in [0.15, 0.2) is 42.7 Å². The van der Waals surface area contributed by atoms with Crippen molar-refractivity contribution in [2.45, 2.75) is 6.54 Å². The van der Waals surface area contributed by atoms with Crippen LogP contribution in [-0.2, 0) is 6.54 Å². The summed E-state index contributed by atoms with van der Waals surface area (Å²) in [4.78, 5) is 3.97. The van der Waals surface area contributed by atoms with Crippen molar-refractivity contribution in [1.82, 2.24) is 4.98 Å². The molecule has 1 aliphatic heterocycles. The third-order valence-electron chi connectivity index (χ3n) is 2.64. The summed E-state index contributed by atoms with van der Waals surface area (Å²) >= 11 is 0. The molecule has 4 heteroatoms. The lowest BCUT2D eigenvalue weighted by Gasteiger charge is -2.08. The Kier molecular flexibility index (Phi) is 2.54. The van der Waals surface area contributed by atoms with Gasteiger partial charge < -0.3 is 14.8 Å². The molecule has 2 heterocycles. The molecule has 0 bridgehead atoms. The van der Waals surface area contributed by atoms with Crippen LogP contribution in [0.3, 0.4) is 0 Å². The minimum Gasteiger partial charge on any atom is -0.454 e. The zero-order valence-electron chi connectivity index (χ0n) is 9.22. The molecule has 1 aliphatic rings. The maximum absolute atomic E-state index is 5.44. The van der Waals surface area contributed by atoms with Crippen molar-refractivity contribution in [3.63, 3.8) is 0 Å². The molecule has 0 atom stereocenters. The van der Waals surface area contributed by atoms with E-state index in [9.17, 15) is 0 Å². The molecule has 1 aromatic heterocycles. The van der Waals surface area contributed by atoms with Crippen LogP contribution in [0.4, 0.5) is 5.69 Å². The van der Waals surface area contributed by atoms with E-state index < -0.39 is 0 Å². The number of benzene rings is 1. The van der Waals surface area contributed by atoms with Gasteiger partial charge in [-0.1, -0.05) is 12.1 Å². The highest BCUT2D eigenvalue weighted by molar-refractivity contribution is 5.50. The quantitative estimate of drug-likeness (QED) is 0.876. The van der Waals surface area contributed by atoms with Crippen molar-refractivity contribution in [2.75, 3.05) is 12.1 Å². The van der Waals surface area contributed by atoms with Crippen LogP contribution < -0.4 is 14.8 Å². The smallest absolute Gasteiger partial charge is 0.231 e. The molecule has 0 fully saturated rings. The SMILES string of the molecule is c1cc(CNc2ccncc2)c2c(c1)OCO2. The van der Waals surface area contributed by atoms with E-state index in [1.807, 2.05) is 30.3 Å². The van der Waals surface area contributed by atoms with Gasteiger partial charge >= 0.3 is 0 Å². The van der Waals surface area contributed by atoms with Gasteiger partial charge in [-0.3, -0.25) is 4.98 Å². The molecule has 0 unspecified atom stereocenters. The summed E-state index contributed by atoms with van der Waals surface area (Å²) < 4.78 is 10.8. The lowest BCUT2D eigenvalue weighted by molar-refractivity contribution is 0.173. The summed E-state index contributed by atoms with van der Waals surface area (Å²) in [6, 6.07) is 9.78. The van der Waals surface area contributed by atoms with E-state index >= 15 is 0 Å². The minimum atomic E-state index is 0.307. The highest BCUT2D eigenvalue weighted by Gasteiger charge is 2.16. The molecule has 1 N–H and O–H groups in total. The number of anilines is 1. The molecule has 0 radical (unpaired) electrons. The highest BCUT2D eigenvalue weighted by Crippen LogP contribution is 2.35. The Hall–Kier alpha value is -2.23. The predicted molar refractivity (Wildman–Crippen MR) is 64.1 cm³/mol. The Morgan fingerprint density at radius 3 is 2.88 bits per heavy atom. The van der Waals surface area contributed by atoms with E-state index in [1.165, 1.54) is 0 Å². The van der Waals surface area contributed by atoms with Gasteiger partial charge in [-0.15, -0.1) is 0 Å². The highest BCUT2D eigenvalue weighted by atomic mass is 16.7. The van der Waals surface area contributed by atoms with E-state index in [-0.39, 0.29) is 0 Å². The van der Waals surface area contributed by atoms with Crippen LogP contribution in [0.25, 0.3) is 0 Å². The summed E-state index contributed by atoms with van der Waals surface area (Å²) in [5.41, 5.74) is 2.13. The van der Waals surface area contributed by atoms with Gasteiger partial charge in [0.25, 0.3) is 0 Å². The van der Waals surface area contributed by atoms with Gasteiger partial charge in [0.05, 0.1) is 0 Å². The molecular formula is C13H12N2O2. The Balaban J connectivity index is 1.76. The molecule has 0 saturated heterocycles. The van der Waals surface area contributed by atoms with Gasteiger partial charge in [0.1, 0.15) is 0 Å². The number of hydrogen-bond acceptors (Lipinski definition) is 4. The van der Waals surface area contributed by atoms with E-state index in [4.69, 9.17) is 9.47 Å². The number of nitrogens with one attached hydrogen (secondary N) is 1. The molecule has 0 spiro atoms. The minimum absolute atomic E-state index is 0.307. The van der Waals surface area contributed by atoms with Crippen molar-refractivity contribution >= 4 is 5.69 Å². The van der Waals surface area contributed by atoms with Crippen LogP contribution in [0.5, 0.6) is 11.5 Å². The number of nitrogens with zero attached hydrogens (tertiary/aromatic N) is 1. The largest absolute Gasteiger partial charge is 0.454 e. The molecule has 0 saturated carbocycles. The van der Waals surface area contributed by atoms with Gasteiger partial charge in [0, 0.05) is 30.2 Å². The number of hydrogen-bond donors (Lipinski definition) is 1. The molecule has 3 rings (SSSR count). The molecule has 1 aromatic carbocycles. The zero-order valence-corrected chi connectivity index (χ0v) is 9.22. The first kappa shape index (κ1) is 9.96. The van der Waals surface area contributed by atoms with Crippen LogP contribution in [0.2, 0.25) is 0 Å². The van der Waals surface area contributed by atoms with Crippen LogP contribution >= 0.6 is 0 Å². The third kappa shape index (κ3) is 2.01. The second-order valence-electron chi connectivity index (χ2n) is 3.74. The second-order valence-corrected chi connectivity index (χ2v) is 3.74. The Labute approximate surface area is 99.2 Å². The molecular weight excluding hydrogens is 216 g/mol. The van der Waals surface area contributed by atoms with Gasteiger partial charge in [-0.25, -0.2) is 0 Å². The second kappa shape index (κ2) is 4.33. The first-order valence-corrected chi connectivity index (χ1v) is 5.45. The van der Waals surface area contributed by atoms with Gasteiger partial charge in [-0.05, 0) is 18.2 Å². The standard InChI is InChI=1S/C13H12N2O2/c1-2-10(13-12(3-1)16-9-17-13)8-15-11-4-6-14-7-5-11/h1-7H,8-9H2,(H,14,15). The fraction of sp³-hybridized carbons (Fsp3) is 0.154. The molecule has 17 heavy (non-hydrogen) atoms. The van der Waals surface area contributed by atoms with Crippen molar-refractivity contribution in [1.29, 1.82) is 0 Å². The van der Waals surface area contributed by atoms with Crippen molar-refractivity contribution < 1.29 is 9.47 Å². The lowest BCUT2D eigenvalue weighted by Crippen LogP contribution is -2.01. The van der Waals surface area contributed by atoms with E-state index in [2.05, 4.69) is 10.3 Å². The number of ether oxygens (including phenoxy) is 2. The monoisotopic (exact) mass is 228 g/mol. The maximum Gasteiger partial charge on any atom is 0.231 e. The molecule has 4 nitrogen and oxygen atoms in total. The van der Waals surface area contributed by atoms with Crippen LogP contribution in [0, 0.1) is 0 Å². The fourth-order valence-electron chi connectivity index (χ4n) is 1.80. The van der Waals surface area contributed by atoms with Crippen molar-refractivity contribution in [3.05, 3.63) is 48.3 Å². The number of rotatable bonds is 3. The summed E-state index contributed by atoms with van der Waals surface area (Å²) in [5, 5.41) is 3.32. The maximum atomic E-state index is 5.44. The summed E-state index contributed by atoms with van der Waals surface area (Å²) in [7, 11) is 0. The molecule has 2 aromatic rings. The first-order valence-electron chi connectivity index (χ1n) is 5.45. The lowest BCUT2D eigenvalue weighted by atomic mass is 10.2. The average Bonchev–Trinajstić information content (AvgIpc) is 2.86. The topological polar surface area (TPSA) is 43.4 Å². The summed E-state index contributed by atoms with van der Waals surface area (Å²) in [6.07, 6.45) is 3.52. The van der Waals surface area contributed by atoms with Gasteiger partial charge in [0.2, 0.25) is 6.79 Å².